The molecule has 3 nitrogen and oxygen atoms in total. The van der Waals surface area contributed by atoms with Crippen LogP contribution in [0.15, 0.2) is 12.1 Å². The van der Waals surface area contributed by atoms with E-state index in [9.17, 15) is 0 Å². The lowest BCUT2D eigenvalue weighted by molar-refractivity contribution is 0.273. The van der Waals surface area contributed by atoms with Gasteiger partial charge in [-0.15, -0.1) is 0 Å². The predicted molar refractivity (Wildman–Crippen MR) is 79.8 cm³/mol. The number of hydrogen-bond acceptors (Lipinski definition) is 3. The van der Waals surface area contributed by atoms with Crippen molar-refractivity contribution in [1.82, 2.24) is 10.2 Å². The molecule has 1 unspecified atom stereocenters. The van der Waals surface area contributed by atoms with Crippen molar-refractivity contribution in [2.45, 2.75) is 26.8 Å². The number of methoxy groups -OCH3 is 1. The highest BCUT2D eigenvalue weighted by Gasteiger charge is 2.17. The molecule has 0 amide bonds. The van der Waals surface area contributed by atoms with Crippen LogP contribution in [-0.2, 0) is 6.54 Å². The molecule has 1 aliphatic heterocycles. The number of rotatable bonds is 5. The van der Waals surface area contributed by atoms with Crippen molar-refractivity contribution >= 4 is 0 Å². The Bertz CT molecular complexity index is 425. The maximum atomic E-state index is 5.56. The van der Waals surface area contributed by atoms with E-state index < -0.39 is 0 Å². The van der Waals surface area contributed by atoms with E-state index in [4.69, 9.17) is 4.74 Å². The smallest absolute Gasteiger partial charge is 0.126 e. The Morgan fingerprint density at radius 1 is 1.37 bits per heavy atom. The molecule has 1 heterocycles. The second kappa shape index (κ2) is 6.40. The fourth-order valence-electron chi connectivity index (χ4n) is 3.12. The number of aryl methyl sites for hydroxylation is 2. The van der Waals surface area contributed by atoms with Crippen molar-refractivity contribution in [2.24, 2.45) is 5.92 Å². The molecular weight excluding hydrogens is 236 g/mol. The standard InChI is InChI=1S/C16H26N2O/c1-12-7-13(2)16(19-4)15(8-12)11-18(3)10-14-5-6-17-9-14/h7-8,14,17H,5-6,9-11H2,1-4H3. The highest BCUT2D eigenvalue weighted by atomic mass is 16.5. The molecule has 1 saturated heterocycles. The van der Waals surface area contributed by atoms with Crippen LogP contribution in [0.3, 0.4) is 0 Å². The molecule has 1 aromatic rings. The van der Waals surface area contributed by atoms with Crippen LogP contribution in [0.25, 0.3) is 0 Å². The van der Waals surface area contributed by atoms with Crippen molar-refractivity contribution in [3.8, 4) is 5.75 Å². The SMILES string of the molecule is COc1c(C)cc(C)cc1CN(C)CC1CCNC1. The summed E-state index contributed by atoms with van der Waals surface area (Å²) in [5, 5.41) is 3.43. The summed E-state index contributed by atoms with van der Waals surface area (Å²) in [5.41, 5.74) is 3.84. The van der Waals surface area contributed by atoms with Crippen molar-refractivity contribution < 1.29 is 4.74 Å². The van der Waals surface area contributed by atoms with Crippen molar-refractivity contribution in [2.75, 3.05) is 33.8 Å². The fourth-order valence-corrected chi connectivity index (χ4v) is 3.12. The maximum Gasteiger partial charge on any atom is 0.126 e. The molecule has 106 valence electrons. The number of nitrogens with zero attached hydrogens (tertiary/aromatic N) is 1. The second-order valence-electron chi connectivity index (χ2n) is 5.83. The van der Waals surface area contributed by atoms with Gasteiger partial charge in [-0.3, -0.25) is 0 Å². The minimum absolute atomic E-state index is 0.793. The van der Waals surface area contributed by atoms with Gasteiger partial charge in [-0.05, 0) is 51.9 Å². The molecule has 0 spiro atoms. The largest absolute Gasteiger partial charge is 0.496 e. The first-order valence-corrected chi connectivity index (χ1v) is 7.13. The van der Waals surface area contributed by atoms with E-state index >= 15 is 0 Å². The summed E-state index contributed by atoms with van der Waals surface area (Å²) in [6.07, 6.45) is 1.30. The normalized spacial score (nSPS) is 19.1. The molecule has 0 radical (unpaired) electrons. The van der Waals surface area contributed by atoms with Gasteiger partial charge in [-0.25, -0.2) is 0 Å². The highest BCUT2D eigenvalue weighted by Crippen LogP contribution is 2.26. The Hall–Kier alpha value is -1.06. The van der Waals surface area contributed by atoms with Crippen LogP contribution in [0.5, 0.6) is 5.75 Å². The van der Waals surface area contributed by atoms with E-state index in [0.29, 0.717) is 0 Å². The van der Waals surface area contributed by atoms with Gasteiger partial charge in [0.1, 0.15) is 5.75 Å². The van der Waals surface area contributed by atoms with E-state index in [-0.39, 0.29) is 0 Å². The maximum absolute atomic E-state index is 5.56. The Labute approximate surface area is 116 Å². The first-order chi connectivity index (χ1) is 9.10. The zero-order chi connectivity index (χ0) is 13.8. The van der Waals surface area contributed by atoms with Gasteiger partial charge in [-0.2, -0.15) is 0 Å². The first-order valence-electron chi connectivity index (χ1n) is 7.13. The van der Waals surface area contributed by atoms with Gasteiger partial charge >= 0.3 is 0 Å². The van der Waals surface area contributed by atoms with Crippen LogP contribution in [0.4, 0.5) is 0 Å². The molecular formula is C16H26N2O. The molecule has 0 bridgehead atoms. The molecule has 3 heteroatoms. The van der Waals surface area contributed by atoms with E-state index in [0.717, 1.165) is 31.3 Å². The molecule has 0 aromatic heterocycles. The Morgan fingerprint density at radius 3 is 2.79 bits per heavy atom. The average molecular weight is 262 g/mol. The minimum atomic E-state index is 0.793. The number of benzene rings is 1. The topological polar surface area (TPSA) is 24.5 Å². The summed E-state index contributed by atoms with van der Waals surface area (Å²) in [7, 11) is 3.97. The average Bonchev–Trinajstić information content (AvgIpc) is 2.81. The third-order valence-electron chi connectivity index (χ3n) is 3.87. The molecule has 1 aliphatic rings. The quantitative estimate of drug-likeness (QED) is 0.881. The van der Waals surface area contributed by atoms with Crippen LogP contribution in [0, 0.1) is 19.8 Å². The lowest BCUT2D eigenvalue weighted by Gasteiger charge is -2.22. The Morgan fingerprint density at radius 2 is 2.16 bits per heavy atom. The molecule has 1 atom stereocenters. The predicted octanol–water partition coefficient (Wildman–Crippen LogP) is 2.35. The van der Waals surface area contributed by atoms with Crippen LogP contribution in [0.2, 0.25) is 0 Å². The molecule has 0 saturated carbocycles. The molecule has 1 aromatic carbocycles. The van der Waals surface area contributed by atoms with Gasteiger partial charge in [0, 0.05) is 18.7 Å². The Balaban J connectivity index is 2.04. The molecule has 1 fully saturated rings. The van der Waals surface area contributed by atoms with Gasteiger partial charge in [-0.1, -0.05) is 17.7 Å². The number of ether oxygens (including phenoxy) is 1. The van der Waals surface area contributed by atoms with Gasteiger partial charge < -0.3 is 15.0 Å². The lowest BCUT2D eigenvalue weighted by atomic mass is 10.0. The van der Waals surface area contributed by atoms with Crippen LogP contribution in [0.1, 0.15) is 23.1 Å². The van der Waals surface area contributed by atoms with Gasteiger partial charge in [0.15, 0.2) is 0 Å². The van der Waals surface area contributed by atoms with Crippen LogP contribution in [-0.4, -0.2) is 38.7 Å². The monoisotopic (exact) mass is 262 g/mol. The van der Waals surface area contributed by atoms with Gasteiger partial charge in [0.25, 0.3) is 0 Å². The molecule has 2 rings (SSSR count). The lowest BCUT2D eigenvalue weighted by Crippen LogP contribution is -2.27. The molecule has 1 N–H and O–H groups in total. The third kappa shape index (κ3) is 3.71. The summed E-state index contributed by atoms with van der Waals surface area (Å²) in [6.45, 7) is 8.72. The summed E-state index contributed by atoms with van der Waals surface area (Å²) in [6, 6.07) is 4.43. The molecule has 19 heavy (non-hydrogen) atoms. The van der Waals surface area contributed by atoms with E-state index in [1.807, 2.05) is 0 Å². The number of hydrogen-bond donors (Lipinski definition) is 1. The summed E-state index contributed by atoms with van der Waals surface area (Å²) in [4.78, 5) is 2.41. The molecule has 0 aliphatic carbocycles. The number of nitrogens with one attached hydrogen (secondary N) is 1. The van der Waals surface area contributed by atoms with E-state index in [2.05, 4.69) is 43.2 Å². The van der Waals surface area contributed by atoms with Gasteiger partial charge in [0.05, 0.1) is 7.11 Å². The van der Waals surface area contributed by atoms with E-state index in [1.165, 1.54) is 29.7 Å². The second-order valence-corrected chi connectivity index (χ2v) is 5.83. The highest BCUT2D eigenvalue weighted by molar-refractivity contribution is 5.43. The summed E-state index contributed by atoms with van der Waals surface area (Å²) in [5.74, 6) is 1.84. The van der Waals surface area contributed by atoms with Crippen LogP contribution >= 0.6 is 0 Å². The van der Waals surface area contributed by atoms with E-state index in [1.54, 1.807) is 7.11 Å². The zero-order valence-corrected chi connectivity index (χ0v) is 12.6. The van der Waals surface area contributed by atoms with Crippen molar-refractivity contribution in [3.05, 3.63) is 28.8 Å². The van der Waals surface area contributed by atoms with Crippen LogP contribution < -0.4 is 10.1 Å². The third-order valence-corrected chi connectivity index (χ3v) is 3.87. The fraction of sp³-hybridized carbons (Fsp3) is 0.625. The summed E-state index contributed by atoms with van der Waals surface area (Å²) < 4.78 is 5.56. The first kappa shape index (κ1) is 14.4. The van der Waals surface area contributed by atoms with Crippen molar-refractivity contribution in [3.63, 3.8) is 0 Å². The van der Waals surface area contributed by atoms with Gasteiger partial charge in [0.2, 0.25) is 0 Å². The van der Waals surface area contributed by atoms with Crippen molar-refractivity contribution in [1.29, 1.82) is 0 Å². The Kier molecular flexibility index (Phi) is 4.83. The minimum Gasteiger partial charge on any atom is -0.496 e. The zero-order valence-electron chi connectivity index (χ0n) is 12.6. The summed E-state index contributed by atoms with van der Waals surface area (Å²) >= 11 is 0.